The van der Waals surface area contributed by atoms with Gasteiger partial charge in [0.15, 0.2) is 15.8 Å². The number of aromatic nitrogens is 1. The third kappa shape index (κ3) is 4.81. The maximum absolute atomic E-state index is 12.2. The summed E-state index contributed by atoms with van der Waals surface area (Å²) in [5.74, 6) is 0.910. The molecule has 0 aliphatic carbocycles. The van der Waals surface area contributed by atoms with Crippen LogP contribution >= 0.6 is 24.0 Å². The van der Waals surface area contributed by atoms with Gasteiger partial charge >= 0.3 is 0 Å². The number of aliphatic imine (C=N–C) groups is 1. The number of hydrogen-bond donors (Lipinski definition) is 1. The predicted octanol–water partition coefficient (Wildman–Crippen LogP) is 1.98. The molecule has 1 aliphatic rings. The number of nitrogens with one attached hydrogen (secondary N) is 1. The number of hydrogen-bond acceptors (Lipinski definition) is 4. The van der Waals surface area contributed by atoms with E-state index in [1.165, 1.54) is 0 Å². The Balaban J connectivity index is 0.00000288. The summed E-state index contributed by atoms with van der Waals surface area (Å²) >= 11 is 0. The molecule has 0 aromatic carbocycles. The van der Waals surface area contributed by atoms with Crippen LogP contribution in [0.5, 0.6) is 0 Å². The van der Waals surface area contributed by atoms with Crippen molar-refractivity contribution in [2.45, 2.75) is 39.0 Å². The Bertz CT molecular complexity index is 689. The topological polar surface area (TPSA) is 74.7 Å². The van der Waals surface area contributed by atoms with Gasteiger partial charge in [-0.25, -0.2) is 13.4 Å². The Morgan fingerprint density at radius 3 is 2.75 bits per heavy atom. The largest absolute Gasteiger partial charge is 0.357 e. The van der Waals surface area contributed by atoms with Crippen molar-refractivity contribution < 1.29 is 8.42 Å². The van der Waals surface area contributed by atoms with E-state index in [1.54, 1.807) is 20.0 Å². The van der Waals surface area contributed by atoms with E-state index in [1.807, 2.05) is 30.9 Å². The smallest absolute Gasteiger partial charge is 0.194 e. The third-order valence-corrected chi connectivity index (χ3v) is 6.71. The Kier molecular flexibility index (Phi) is 7.45. The molecule has 1 aliphatic heterocycles. The van der Waals surface area contributed by atoms with E-state index < -0.39 is 14.6 Å². The molecule has 0 amide bonds. The lowest BCUT2D eigenvalue weighted by Gasteiger charge is -2.39. The van der Waals surface area contributed by atoms with Crippen molar-refractivity contribution in [2.24, 2.45) is 4.99 Å². The molecule has 2 heterocycles. The van der Waals surface area contributed by atoms with Crippen LogP contribution in [0.1, 0.15) is 32.0 Å². The molecule has 2 rings (SSSR count). The van der Waals surface area contributed by atoms with Crippen molar-refractivity contribution >= 4 is 39.8 Å². The first-order valence-electron chi connectivity index (χ1n) is 7.93. The zero-order chi connectivity index (χ0) is 17.1. The van der Waals surface area contributed by atoms with Gasteiger partial charge in [0.1, 0.15) is 0 Å². The van der Waals surface area contributed by atoms with E-state index in [9.17, 15) is 8.42 Å². The van der Waals surface area contributed by atoms with E-state index in [0.29, 0.717) is 19.6 Å². The zero-order valence-electron chi connectivity index (χ0n) is 14.7. The zero-order valence-corrected chi connectivity index (χ0v) is 17.9. The fourth-order valence-corrected chi connectivity index (χ4v) is 3.95. The molecule has 136 valence electrons. The summed E-state index contributed by atoms with van der Waals surface area (Å²) in [6.45, 7) is 9.72. The molecule has 0 spiro atoms. The molecule has 8 heteroatoms. The number of pyridine rings is 1. The summed E-state index contributed by atoms with van der Waals surface area (Å²) in [5, 5.41) is 3.26. The molecular weight excluding hydrogens is 439 g/mol. The summed E-state index contributed by atoms with van der Waals surface area (Å²) < 4.78 is 23.6. The highest BCUT2D eigenvalue weighted by atomic mass is 127. The fourth-order valence-electron chi connectivity index (χ4n) is 2.58. The molecule has 1 saturated heterocycles. The van der Waals surface area contributed by atoms with Gasteiger partial charge in [0, 0.05) is 25.8 Å². The summed E-state index contributed by atoms with van der Waals surface area (Å²) in [6, 6.07) is 3.92. The first-order chi connectivity index (χ1) is 10.8. The average Bonchev–Trinajstić information content (AvgIpc) is 2.48. The highest BCUT2D eigenvalue weighted by Crippen LogP contribution is 2.23. The maximum Gasteiger partial charge on any atom is 0.194 e. The molecule has 24 heavy (non-hydrogen) atoms. The second kappa shape index (κ2) is 8.46. The van der Waals surface area contributed by atoms with Gasteiger partial charge in [-0.2, -0.15) is 0 Å². The standard InChI is InChI=1S/C16H26N4O2S.HI/c1-5-17-15(19-11-14-13(2)7-6-8-18-14)20-9-10-23(21,22)16(3,4)12-20;/h6-8H,5,9-12H2,1-4H3,(H,17,19);1H. The molecule has 1 aromatic rings. The van der Waals surface area contributed by atoms with Crippen molar-refractivity contribution in [1.29, 1.82) is 0 Å². The number of halogens is 1. The quantitative estimate of drug-likeness (QED) is 0.419. The summed E-state index contributed by atoms with van der Waals surface area (Å²) in [7, 11) is -3.05. The predicted molar refractivity (Wildman–Crippen MR) is 109 cm³/mol. The van der Waals surface area contributed by atoms with Crippen molar-refractivity contribution in [3.8, 4) is 0 Å². The van der Waals surface area contributed by atoms with Gasteiger partial charge in [-0.15, -0.1) is 24.0 Å². The Morgan fingerprint density at radius 1 is 1.46 bits per heavy atom. The monoisotopic (exact) mass is 466 g/mol. The Morgan fingerprint density at radius 2 is 2.17 bits per heavy atom. The molecule has 1 N–H and O–H groups in total. The lowest BCUT2D eigenvalue weighted by molar-refractivity contribution is 0.353. The normalized spacial score (nSPS) is 19.5. The van der Waals surface area contributed by atoms with Crippen molar-refractivity contribution in [1.82, 2.24) is 15.2 Å². The molecule has 6 nitrogen and oxygen atoms in total. The summed E-state index contributed by atoms with van der Waals surface area (Å²) in [5.41, 5.74) is 2.04. The van der Waals surface area contributed by atoms with Crippen LogP contribution < -0.4 is 5.32 Å². The van der Waals surface area contributed by atoms with E-state index in [2.05, 4.69) is 15.3 Å². The van der Waals surface area contributed by atoms with Crippen LogP contribution in [0, 0.1) is 6.92 Å². The molecule has 1 fully saturated rings. The second-order valence-corrected chi connectivity index (χ2v) is 9.18. The Labute approximate surface area is 162 Å². The lowest BCUT2D eigenvalue weighted by atomic mass is 10.2. The van der Waals surface area contributed by atoms with Gasteiger partial charge in [0.2, 0.25) is 0 Å². The molecule has 1 aromatic heterocycles. The average molecular weight is 466 g/mol. The molecular formula is C16H27IN4O2S. The van der Waals surface area contributed by atoms with Crippen molar-refractivity contribution in [3.63, 3.8) is 0 Å². The highest BCUT2D eigenvalue weighted by Gasteiger charge is 2.40. The third-order valence-electron chi connectivity index (χ3n) is 4.17. The first kappa shape index (κ1) is 21.1. The summed E-state index contributed by atoms with van der Waals surface area (Å²) in [4.78, 5) is 11.0. The minimum absolute atomic E-state index is 0. The van der Waals surface area contributed by atoms with Crippen LogP contribution in [0.4, 0.5) is 0 Å². The van der Waals surface area contributed by atoms with E-state index in [0.717, 1.165) is 23.8 Å². The highest BCUT2D eigenvalue weighted by molar-refractivity contribution is 14.0. The van der Waals surface area contributed by atoms with E-state index in [-0.39, 0.29) is 29.7 Å². The van der Waals surface area contributed by atoms with Crippen LogP contribution in [0.3, 0.4) is 0 Å². The van der Waals surface area contributed by atoms with Gasteiger partial charge in [-0.3, -0.25) is 4.98 Å². The molecule has 0 unspecified atom stereocenters. The van der Waals surface area contributed by atoms with E-state index >= 15 is 0 Å². The molecule has 0 saturated carbocycles. The second-order valence-electron chi connectivity index (χ2n) is 6.44. The van der Waals surface area contributed by atoms with Crippen LogP contribution in [-0.2, 0) is 16.4 Å². The molecule has 0 radical (unpaired) electrons. The van der Waals surface area contributed by atoms with Crippen molar-refractivity contribution in [2.75, 3.05) is 25.4 Å². The SMILES string of the molecule is CCNC(=NCc1ncccc1C)N1CCS(=O)(=O)C(C)(C)C1.I. The van der Waals surface area contributed by atoms with Crippen LogP contribution in [0.25, 0.3) is 0 Å². The van der Waals surface area contributed by atoms with Gasteiger partial charge in [0.05, 0.1) is 22.7 Å². The van der Waals surface area contributed by atoms with Gasteiger partial charge in [-0.05, 0) is 39.3 Å². The maximum atomic E-state index is 12.2. The van der Waals surface area contributed by atoms with Gasteiger partial charge < -0.3 is 10.2 Å². The van der Waals surface area contributed by atoms with Gasteiger partial charge in [-0.1, -0.05) is 6.07 Å². The minimum Gasteiger partial charge on any atom is -0.357 e. The first-order valence-corrected chi connectivity index (χ1v) is 9.58. The van der Waals surface area contributed by atoms with Gasteiger partial charge in [0.25, 0.3) is 0 Å². The summed E-state index contributed by atoms with van der Waals surface area (Å²) in [6.07, 6.45) is 1.77. The van der Waals surface area contributed by atoms with Crippen LogP contribution in [0.15, 0.2) is 23.3 Å². The molecule has 0 bridgehead atoms. The number of nitrogens with zero attached hydrogens (tertiary/aromatic N) is 3. The van der Waals surface area contributed by atoms with E-state index in [4.69, 9.17) is 0 Å². The minimum atomic E-state index is -3.05. The van der Waals surface area contributed by atoms with Crippen LogP contribution in [0.2, 0.25) is 0 Å². The Hall–Kier alpha value is -0.900. The number of aryl methyl sites for hydroxylation is 1. The lowest BCUT2D eigenvalue weighted by Crippen LogP contribution is -2.57. The van der Waals surface area contributed by atoms with Crippen molar-refractivity contribution in [3.05, 3.63) is 29.6 Å². The number of guanidine groups is 1. The fraction of sp³-hybridized carbons (Fsp3) is 0.625. The number of rotatable bonds is 3. The van der Waals surface area contributed by atoms with Crippen LogP contribution in [-0.4, -0.2) is 54.4 Å². The number of sulfone groups is 1. The molecule has 0 atom stereocenters.